The second-order valence-electron chi connectivity index (χ2n) is 2.48. The van der Waals surface area contributed by atoms with Gasteiger partial charge in [0, 0.05) is 10.7 Å². The molecule has 0 N–H and O–H groups in total. The number of rotatable bonds is 3. The first kappa shape index (κ1) is 12.3. The van der Waals surface area contributed by atoms with Gasteiger partial charge in [-0.05, 0) is 27.5 Å². The fourth-order valence-corrected chi connectivity index (χ4v) is 1.86. The molecular formula is C8H5BrClF2NO2. The summed E-state index contributed by atoms with van der Waals surface area (Å²) >= 11 is 8.05. The zero-order chi connectivity index (χ0) is 11.6. The van der Waals surface area contributed by atoms with Crippen molar-refractivity contribution in [2.24, 2.45) is 0 Å². The van der Waals surface area contributed by atoms with Crippen molar-refractivity contribution in [3.8, 4) is 5.88 Å². The highest BCUT2D eigenvalue weighted by Crippen LogP contribution is 2.36. The number of alkyl halides is 2. The number of halogens is 4. The van der Waals surface area contributed by atoms with Crippen LogP contribution in [0.3, 0.4) is 0 Å². The molecule has 1 aromatic rings. The third kappa shape index (κ3) is 2.43. The first-order valence-electron chi connectivity index (χ1n) is 3.69. The average molecular weight is 300 g/mol. The van der Waals surface area contributed by atoms with E-state index in [2.05, 4.69) is 25.7 Å². The van der Waals surface area contributed by atoms with Gasteiger partial charge >= 0.3 is 0 Å². The van der Waals surface area contributed by atoms with E-state index in [0.29, 0.717) is 0 Å². The number of aromatic nitrogens is 1. The summed E-state index contributed by atoms with van der Waals surface area (Å²) in [6.45, 7) is 0. The fraction of sp³-hybridized carbons (Fsp3) is 0.250. The van der Waals surface area contributed by atoms with Crippen molar-refractivity contribution in [3.63, 3.8) is 0 Å². The topological polar surface area (TPSA) is 39.2 Å². The molecule has 0 aliphatic heterocycles. The van der Waals surface area contributed by atoms with Gasteiger partial charge in [0.05, 0.1) is 18.2 Å². The van der Waals surface area contributed by atoms with Crippen LogP contribution < -0.4 is 4.74 Å². The molecule has 0 unspecified atom stereocenters. The number of carbonyl (C=O) groups is 1. The largest absolute Gasteiger partial charge is 0.481 e. The van der Waals surface area contributed by atoms with Gasteiger partial charge in [0.15, 0.2) is 0 Å². The Morgan fingerprint density at radius 1 is 1.67 bits per heavy atom. The zero-order valence-electron chi connectivity index (χ0n) is 7.43. The van der Waals surface area contributed by atoms with E-state index in [1.165, 1.54) is 7.11 Å². The smallest absolute Gasteiger partial charge is 0.270 e. The maximum absolute atomic E-state index is 12.6. The van der Waals surface area contributed by atoms with Gasteiger partial charge in [-0.1, -0.05) is 0 Å². The van der Waals surface area contributed by atoms with Crippen LogP contribution in [-0.2, 0) is 0 Å². The predicted molar refractivity (Wildman–Crippen MR) is 53.6 cm³/mol. The fourth-order valence-electron chi connectivity index (χ4n) is 0.977. The summed E-state index contributed by atoms with van der Waals surface area (Å²) in [7, 11) is 1.21. The Labute approximate surface area is 97.5 Å². The molecule has 0 aromatic carbocycles. The lowest BCUT2D eigenvalue weighted by molar-refractivity contribution is 0.107. The summed E-state index contributed by atoms with van der Waals surface area (Å²) in [4.78, 5) is 14.4. The van der Waals surface area contributed by atoms with E-state index in [1.54, 1.807) is 0 Å². The van der Waals surface area contributed by atoms with Gasteiger partial charge in [-0.2, -0.15) is 0 Å². The van der Waals surface area contributed by atoms with Crippen LogP contribution in [0.25, 0.3) is 0 Å². The quantitative estimate of drug-likeness (QED) is 0.805. The number of methoxy groups -OCH3 is 1. The van der Waals surface area contributed by atoms with Crippen molar-refractivity contribution in [1.29, 1.82) is 0 Å². The van der Waals surface area contributed by atoms with Crippen molar-refractivity contribution >= 4 is 32.8 Å². The maximum Gasteiger partial charge on any atom is 0.270 e. The molecule has 0 aliphatic carbocycles. The molecule has 1 aromatic heterocycles. The minimum absolute atomic E-state index is 0.0932. The standard InChI is InChI=1S/C8H5BrClF2NO2/c1-15-8-4(7(11)12)5(9)3(2-13-8)6(10)14/h2,7H,1H3. The van der Waals surface area contributed by atoms with E-state index in [-0.39, 0.29) is 15.9 Å². The number of carbonyl (C=O) groups excluding carboxylic acids is 1. The van der Waals surface area contributed by atoms with Crippen LogP contribution in [0.15, 0.2) is 10.7 Å². The van der Waals surface area contributed by atoms with Crippen molar-refractivity contribution < 1.29 is 18.3 Å². The van der Waals surface area contributed by atoms with Crippen LogP contribution in [0.1, 0.15) is 22.3 Å². The normalized spacial score (nSPS) is 10.5. The first-order valence-corrected chi connectivity index (χ1v) is 4.86. The zero-order valence-corrected chi connectivity index (χ0v) is 9.77. The molecule has 0 spiro atoms. The summed E-state index contributed by atoms with van der Waals surface area (Å²) in [5.41, 5.74) is -0.600. The monoisotopic (exact) mass is 299 g/mol. The lowest BCUT2D eigenvalue weighted by Crippen LogP contribution is -2.02. The average Bonchev–Trinajstić information content (AvgIpc) is 2.15. The second-order valence-corrected chi connectivity index (χ2v) is 3.62. The Bertz CT molecular complexity index is 400. The number of ether oxygens (including phenoxy) is 1. The number of hydrogen-bond acceptors (Lipinski definition) is 3. The van der Waals surface area contributed by atoms with Crippen molar-refractivity contribution in [2.75, 3.05) is 7.11 Å². The maximum atomic E-state index is 12.6. The second kappa shape index (κ2) is 4.85. The Kier molecular flexibility index (Phi) is 3.98. The number of hydrogen-bond donors (Lipinski definition) is 0. The van der Waals surface area contributed by atoms with Crippen LogP contribution in [0.2, 0.25) is 0 Å². The van der Waals surface area contributed by atoms with Gasteiger partial charge in [0.1, 0.15) is 0 Å². The van der Waals surface area contributed by atoms with E-state index in [9.17, 15) is 13.6 Å². The van der Waals surface area contributed by atoms with Crippen LogP contribution in [-0.4, -0.2) is 17.3 Å². The van der Waals surface area contributed by atoms with E-state index < -0.39 is 17.2 Å². The number of pyridine rings is 1. The Morgan fingerprint density at radius 3 is 2.67 bits per heavy atom. The van der Waals surface area contributed by atoms with E-state index >= 15 is 0 Å². The molecule has 3 nitrogen and oxygen atoms in total. The van der Waals surface area contributed by atoms with Crippen molar-refractivity contribution in [3.05, 3.63) is 21.8 Å². The Balaban J connectivity index is 3.42. The highest BCUT2D eigenvalue weighted by molar-refractivity contribution is 9.10. The van der Waals surface area contributed by atoms with Crippen molar-refractivity contribution in [2.45, 2.75) is 6.43 Å². The minimum atomic E-state index is -2.81. The molecule has 0 fully saturated rings. The molecule has 0 amide bonds. The summed E-state index contributed by atoms with van der Waals surface area (Å²) in [6, 6.07) is 0. The van der Waals surface area contributed by atoms with Crippen LogP contribution >= 0.6 is 27.5 Å². The molecule has 1 heterocycles. The highest BCUT2D eigenvalue weighted by atomic mass is 79.9. The van der Waals surface area contributed by atoms with Gasteiger partial charge in [0.2, 0.25) is 5.88 Å². The molecule has 0 atom stereocenters. The third-order valence-corrected chi connectivity index (χ3v) is 2.70. The van der Waals surface area contributed by atoms with Gasteiger partial charge in [-0.15, -0.1) is 0 Å². The predicted octanol–water partition coefficient (Wildman–Crippen LogP) is 3.17. The van der Waals surface area contributed by atoms with E-state index in [4.69, 9.17) is 11.6 Å². The molecule has 0 radical (unpaired) electrons. The first-order chi connectivity index (χ1) is 6.99. The SMILES string of the molecule is COc1ncc(C(=O)Cl)c(Br)c1C(F)F. The molecule has 7 heteroatoms. The summed E-state index contributed by atoms with van der Waals surface area (Å²) in [5.74, 6) is -0.237. The minimum Gasteiger partial charge on any atom is -0.481 e. The van der Waals surface area contributed by atoms with E-state index in [1.807, 2.05) is 0 Å². The molecule has 0 saturated heterocycles. The Morgan fingerprint density at radius 2 is 2.27 bits per heavy atom. The lowest BCUT2D eigenvalue weighted by Gasteiger charge is -2.10. The van der Waals surface area contributed by atoms with Gasteiger partial charge in [0.25, 0.3) is 11.7 Å². The molecule has 0 saturated carbocycles. The summed E-state index contributed by atoms with van der Waals surface area (Å²) in [6.07, 6.45) is -1.73. The van der Waals surface area contributed by atoms with Gasteiger partial charge < -0.3 is 4.74 Å². The summed E-state index contributed by atoms with van der Waals surface area (Å²) < 4.78 is 29.8. The molecule has 1 rings (SSSR count). The molecule has 0 bridgehead atoms. The molecular weight excluding hydrogens is 295 g/mol. The molecule has 0 aliphatic rings. The number of nitrogens with zero attached hydrogens (tertiary/aromatic N) is 1. The van der Waals surface area contributed by atoms with Crippen LogP contribution in [0.5, 0.6) is 5.88 Å². The van der Waals surface area contributed by atoms with Crippen molar-refractivity contribution in [1.82, 2.24) is 4.98 Å². The Hall–Kier alpha value is -0.750. The molecule has 82 valence electrons. The van der Waals surface area contributed by atoms with Crippen LogP contribution in [0.4, 0.5) is 8.78 Å². The molecule has 15 heavy (non-hydrogen) atoms. The van der Waals surface area contributed by atoms with E-state index in [0.717, 1.165) is 6.20 Å². The van der Waals surface area contributed by atoms with Gasteiger partial charge in [-0.25, -0.2) is 13.8 Å². The highest BCUT2D eigenvalue weighted by Gasteiger charge is 2.23. The summed E-state index contributed by atoms with van der Waals surface area (Å²) in [5, 5.41) is -0.862. The lowest BCUT2D eigenvalue weighted by atomic mass is 10.2. The van der Waals surface area contributed by atoms with Gasteiger partial charge in [-0.3, -0.25) is 4.79 Å². The third-order valence-electron chi connectivity index (χ3n) is 1.64. The van der Waals surface area contributed by atoms with Crippen LogP contribution in [0, 0.1) is 0 Å².